The molecule has 2 fully saturated rings. The molecule has 2 aliphatic rings. The molecule has 3 rings (SSSR count). The van der Waals surface area contributed by atoms with Crippen LogP contribution in [0.1, 0.15) is 62.2 Å². The summed E-state index contributed by atoms with van der Waals surface area (Å²) in [5.41, 5.74) is 0.881. The summed E-state index contributed by atoms with van der Waals surface area (Å²) in [6, 6.07) is 6.79. The van der Waals surface area contributed by atoms with E-state index < -0.39 is 12.1 Å². The largest absolute Gasteiger partial charge is 0.449 e. The third-order valence-electron chi connectivity index (χ3n) is 4.92. The first-order valence-corrected chi connectivity index (χ1v) is 9.45. The third-order valence-corrected chi connectivity index (χ3v) is 4.92. The van der Waals surface area contributed by atoms with Gasteiger partial charge in [0.05, 0.1) is 5.56 Å². The highest BCUT2D eigenvalue weighted by Crippen LogP contribution is 2.30. The second-order valence-electron chi connectivity index (χ2n) is 7.24. The molecule has 0 radical (unpaired) electrons. The molecule has 6 nitrogen and oxygen atoms in total. The summed E-state index contributed by atoms with van der Waals surface area (Å²) in [5.74, 6) is -0.757. The highest BCUT2D eigenvalue weighted by Gasteiger charge is 2.29. The van der Waals surface area contributed by atoms with E-state index in [0.29, 0.717) is 11.3 Å². The molecule has 0 aliphatic heterocycles. The predicted octanol–water partition coefficient (Wildman–Crippen LogP) is 3.03. The molecule has 0 saturated heterocycles. The third kappa shape index (κ3) is 5.07. The smallest absolute Gasteiger partial charge is 0.338 e. The summed E-state index contributed by atoms with van der Waals surface area (Å²) in [5, 5.41) is 5.76. The van der Waals surface area contributed by atoms with Crippen LogP contribution in [0.5, 0.6) is 0 Å². The summed E-state index contributed by atoms with van der Waals surface area (Å²) in [6.45, 7) is 1.58. The standard InChI is InChI=1S/C20H26N2O4/c1-13(18(23)21-16-7-3-2-4-8-16)26-20(25)15-6-5-9-17(12-15)22-19(24)14-10-11-14/h5-6,9,12-14,16H,2-4,7-8,10-11H2,1H3,(H,21,23)(H,22,24). The minimum absolute atomic E-state index is 0.0178. The molecule has 26 heavy (non-hydrogen) atoms. The van der Waals surface area contributed by atoms with E-state index in [4.69, 9.17) is 4.74 Å². The highest BCUT2D eigenvalue weighted by atomic mass is 16.5. The van der Waals surface area contributed by atoms with E-state index in [-0.39, 0.29) is 23.8 Å². The summed E-state index contributed by atoms with van der Waals surface area (Å²) in [4.78, 5) is 36.4. The lowest BCUT2D eigenvalue weighted by molar-refractivity contribution is -0.130. The topological polar surface area (TPSA) is 84.5 Å². The van der Waals surface area contributed by atoms with Crippen LogP contribution in [0, 0.1) is 5.92 Å². The number of anilines is 1. The number of rotatable bonds is 6. The minimum Gasteiger partial charge on any atom is -0.449 e. The molecule has 2 amide bonds. The lowest BCUT2D eigenvalue weighted by atomic mass is 9.95. The Kier molecular flexibility index (Phi) is 5.91. The predicted molar refractivity (Wildman–Crippen MR) is 97.7 cm³/mol. The maximum atomic E-state index is 12.3. The van der Waals surface area contributed by atoms with E-state index in [1.807, 2.05) is 0 Å². The summed E-state index contributed by atoms with van der Waals surface area (Å²) < 4.78 is 5.30. The number of ether oxygens (including phenoxy) is 1. The van der Waals surface area contributed by atoms with Crippen molar-refractivity contribution < 1.29 is 19.1 Å². The minimum atomic E-state index is -0.853. The van der Waals surface area contributed by atoms with E-state index in [0.717, 1.165) is 38.5 Å². The molecule has 0 aromatic heterocycles. The van der Waals surface area contributed by atoms with Crippen LogP contribution in [-0.2, 0) is 14.3 Å². The van der Waals surface area contributed by atoms with Gasteiger partial charge in [-0.3, -0.25) is 9.59 Å². The first kappa shape index (κ1) is 18.4. The van der Waals surface area contributed by atoms with Crippen molar-refractivity contribution in [1.82, 2.24) is 5.32 Å². The number of hydrogen-bond acceptors (Lipinski definition) is 4. The van der Waals surface area contributed by atoms with E-state index in [1.54, 1.807) is 31.2 Å². The van der Waals surface area contributed by atoms with Gasteiger partial charge in [0.15, 0.2) is 6.10 Å². The van der Waals surface area contributed by atoms with Gasteiger partial charge in [-0.15, -0.1) is 0 Å². The average Bonchev–Trinajstić information content (AvgIpc) is 3.48. The normalized spacial score (nSPS) is 18.7. The number of amides is 2. The average molecular weight is 358 g/mol. The van der Waals surface area contributed by atoms with Crippen LogP contribution in [0.4, 0.5) is 5.69 Å². The Hall–Kier alpha value is -2.37. The van der Waals surface area contributed by atoms with Gasteiger partial charge >= 0.3 is 5.97 Å². The van der Waals surface area contributed by atoms with Crippen molar-refractivity contribution in [2.75, 3.05) is 5.32 Å². The molecule has 2 N–H and O–H groups in total. The van der Waals surface area contributed by atoms with Crippen LogP contribution in [-0.4, -0.2) is 29.9 Å². The second kappa shape index (κ2) is 8.34. The van der Waals surface area contributed by atoms with Gasteiger partial charge < -0.3 is 15.4 Å². The Morgan fingerprint density at radius 2 is 1.81 bits per heavy atom. The summed E-state index contributed by atoms with van der Waals surface area (Å²) in [7, 11) is 0. The molecule has 2 saturated carbocycles. The van der Waals surface area contributed by atoms with Gasteiger partial charge in [0.2, 0.25) is 5.91 Å². The van der Waals surface area contributed by atoms with Crippen LogP contribution in [0.15, 0.2) is 24.3 Å². The molecule has 1 unspecified atom stereocenters. The van der Waals surface area contributed by atoms with Gasteiger partial charge in [-0.1, -0.05) is 25.3 Å². The van der Waals surface area contributed by atoms with Gasteiger partial charge in [0, 0.05) is 17.6 Å². The summed E-state index contributed by atoms with van der Waals surface area (Å²) in [6.07, 6.45) is 6.41. The number of benzene rings is 1. The molecule has 0 heterocycles. The van der Waals surface area contributed by atoms with Gasteiger partial charge in [0.25, 0.3) is 5.91 Å². The highest BCUT2D eigenvalue weighted by molar-refractivity contribution is 5.97. The van der Waals surface area contributed by atoms with Gasteiger partial charge in [0.1, 0.15) is 0 Å². The zero-order chi connectivity index (χ0) is 18.5. The molecule has 6 heteroatoms. The van der Waals surface area contributed by atoms with Crippen LogP contribution < -0.4 is 10.6 Å². The maximum Gasteiger partial charge on any atom is 0.338 e. The van der Waals surface area contributed by atoms with Crippen LogP contribution >= 0.6 is 0 Å². The molecular weight excluding hydrogens is 332 g/mol. The molecule has 1 aromatic carbocycles. The SMILES string of the molecule is CC(OC(=O)c1cccc(NC(=O)C2CC2)c1)C(=O)NC1CCCCC1. The van der Waals surface area contributed by atoms with E-state index >= 15 is 0 Å². The fourth-order valence-electron chi connectivity index (χ4n) is 3.16. The number of hydrogen-bond donors (Lipinski definition) is 2. The fourth-order valence-corrected chi connectivity index (χ4v) is 3.16. The number of carbonyl (C=O) groups is 3. The lowest BCUT2D eigenvalue weighted by Gasteiger charge is -2.24. The number of carbonyl (C=O) groups excluding carboxylic acids is 3. The Morgan fingerprint density at radius 3 is 2.50 bits per heavy atom. The molecular formula is C20H26N2O4. The van der Waals surface area contributed by atoms with Gasteiger partial charge in [-0.25, -0.2) is 4.79 Å². The van der Waals surface area contributed by atoms with E-state index in [2.05, 4.69) is 10.6 Å². The molecule has 0 bridgehead atoms. The van der Waals surface area contributed by atoms with Crippen LogP contribution in [0.2, 0.25) is 0 Å². The molecule has 2 aliphatic carbocycles. The van der Waals surface area contributed by atoms with Crippen molar-refractivity contribution in [3.8, 4) is 0 Å². The summed E-state index contributed by atoms with van der Waals surface area (Å²) >= 11 is 0. The van der Waals surface area contributed by atoms with Gasteiger partial charge in [-0.2, -0.15) is 0 Å². The van der Waals surface area contributed by atoms with Crippen molar-refractivity contribution in [3.05, 3.63) is 29.8 Å². The first-order chi connectivity index (χ1) is 12.5. The quantitative estimate of drug-likeness (QED) is 0.766. The zero-order valence-electron chi connectivity index (χ0n) is 15.1. The Balaban J connectivity index is 1.52. The van der Waals surface area contributed by atoms with Crippen molar-refractivity contribution in [1.29, 1.82) is 0 Å². The van der Waals surface area contributed by atoms with Crippen molar-refractivity contribution in [3.63, 3.8) is 0 Å². The lowest BCUT2D eigenvalue weighted by Crippen LogP contribution is -2.42. The van der Waals surface area contributed by atoms with Crippen LogP contribution in [0.3, 0.4) is 0 Å². The van der Waals surface area contributed by atoms with Crippen molar-refractivity contribution in [2.24, 2.45) is 5.92 Å². The molecule has 1 aromatic rings. The number of nitrogens with one attached hydrogen (secondary N) is 2. The van der Waals surface area contributed by atoms with Crippen LogP contribution in [0.25, 0.3) is 0 Å². The molecule has 1 atom stereocenters. The number of esters is 1. The van der Waals surface area contributed by atoms with E-state index in [1.165, 1.54) is 6.42 Å². The van der Waals surface area contributed by atoms with Gasteiger partial charge in [-0.05, 0) is 50.8 Å². The monoisotopic (exact) mass is 358 g/mol. The second-order valence-corrected chi connectivity index (χ2v) is 7.24. The zero-order valence-corrected chi connectivity index (χ0v) is 15.1. The Morgan fingerprint density at radius 1 is 1.08 bits per heavy atom. The molecule has 0 spiro atoms. The van der Waals surface area contributed by atoms with Crippen molar-refractivity contribution >= 4 is 23.5 Å². The van der Waals surface area contributed by atoms with E-state index in [9.17, 15) is 14.4 Å². The fraction of sp³-hybridized carbons (Fsp3) is 0.550. The maximum absolute atomic E-state index is 12.3. The Labute approximate surface area is 153 Å². The Bertz CT molecular complexity index is 678. The molecule has 140 valence electrons. The van der Waals surface area contributed by atoms with Crippen molar-refractivity contribution in [2.45, 2.75) is 64.0 Å². The first-order valence-electron chi connectivity index (χ1n) is 9.45.